The number of halogens is 1. The molecule has 2 aromatic carbocycles. The Bertz CT molecular complexity index is 927. The zero-order chi connectivity index (χ0) is 16.7. The zero-order valence-corrected chi connectivity index (χ0v) is 14.1. The Kier molecular flexibility index (Phi) is 3.58. The maximum absolute atomic E-state index is 6.00. The molecule has 0 saturated heterocycles. The molecule has 0 spiro atoms. The lowest BCUT2D eigenvalue weighted by molar-refractivity contribution is 0.583. The van der Waals surface area contributed by atoms with Gasteiger partial charge in [-0.05, 0) is 59.2 Å². The molecule has 0 radical (unpaired) electrons. The average Bonchev–Trinajstić information content (AvgIpc) is 3.03. The Labute approximate surface area is 145 Å². The maximum Gasteiger partial charge on any atom is 0.248 e. The third-order valence-electron chi connectivity index (χ3n) is 4.23. The Morgan fingerprint density at radius 3 is 2.62 bits per heavy atom. The third kappa shape index (κ3) is 2.57. The summed E-state index contributed by atoms with van der Waals surface area (Å²) in [6.07, 6.45) is 2.14. The molecular formula is C18H16ClN5. The standard InChI is InChI=1S/C18H16ClN5/c1-11-3-8-15(12(2)9-11)17-10-16(13-4-6-14(19)7-5-13)20-18-21-22-23-24(17)18/h3-10,17H,1-2H3,(H,20,21,23)/t17-/m1/s1. The van der Waals surface area contributed by atoms with E-state index < -0.39 is 0 Å². The highest BCUT2D eigenvalue weighted by atomic mass is 35.5. The fourth-order valence-electron chi connectivity index (χ4n) is 3.03. The third-order valence-corrected chi connectivity index (χ3v) is 4.48. The van der Waals surface area contributed by atoms with Crippen LogP contribution in [-0.2, 0) is 0 Å². The van der Waals surface area contributed by atoms with Crippen molar-refractivity contribution in [1.82, 2.24) is 20.2 Å². The quantitative estimate of drug-likeness (QED) is 0.768. The number of anilines is 1. The second kappa shape index (κ2) is 5.76. The van der Waals surface area contributed by atoms with Gasteiger partial charge in [-0.25, -0.2) is 0 Å². The molecule has 120 valence electrons. The Hall–Kier alpha value is -2.66. The summed E-state index contributed by atoms with van der Waals surface area (Å²) in [4.78, 5) is 0. The van der Waals surface area contributed by atoms with Crippen LogP contribution in [0.4, 0.5) is 5.95 Å². The van der Waals surface area contributed by atoms with E-state index >= 15 is 0 Å². The minimum Gasteiger partial charge on any atom is -0.323 e. The minimum atomic E-state index is -0.0532. The molecule has 0 aliphatic carbocycles. The highest BCUT2D eigenvalue weighted by Crippen LogP contribution is 2.33. The van der Waals surface area contributed by atoms with Gasteiger partial charge in [0.15, 0.2) is 0 Å². The summed E-state index contributed by atoms with van der Waals surface area (Å²) in [5, 5.41) is 16.1. The molecule has 2 heterocycles. The number of nitrogens with one attached hydrogen (secondary N) is 1. The van der Waals surface area contributed by atoms with Crippen molar-refractivity contribution < 1.29 is 0 Å². The largest absolute Gasteiger partial charge is 0.323 e. The van der Waals surface area contributed by atoms with E-state index in [9.17, 15) is 0 Å². The molecule has 0 bridgehead atoms. The number of aryl methyl sites for hydroxylation is 2. The molecule has 1 aromatic heterocycles. The van der Waals surface area contributed by atoms with Crippen molar-refractivity contribution in [2.45, 2.75) is 19.9 Å². The number of rotatable bonds is 2. The van der Waals surface area contributed by atoms with Crippen LogP contribution in [0.3, 0.4) is 0 Å². The van der Waals surface area contributed by atoms with E-state index in [1.54, 1.807) is 4.68 Å². The topological polar surface area (TPSA) is 55.6 Å². The molecular weight excluding hydrogens is 322 g/mol. The van der Waals surface area contributed by atoms with Crippen molar-refractivity contribution in [3.63, 3.8) is 0 Å². The summed E-state index contributed by atoms with van der Waals surface area (Å²) >= 11 is 6.00. The first-order chi connectivity index (χ1) is 11.6. The summed E-state index contributed by atoms with van der Waals surface area (Å²) in [6.45, 7) is 4.21. The number of tetrazole rings is 1. The fourth-order valence-corrected chi connectivity index (χ4v) is 3.16. The molecule has 4 rings (SSSR count). The number of hydrogen-bond acceptors (Lipinski definition) is 4. The van der Waals surface area contributed by atoms with Crippen molar-refractivity contribution in [2.24, 2.45) is 0 Å². The zero-order valence-electron chi connectivity index (χ0n) is 13.4. The van der Waals surface area contributed by atoms with Gasteiger partial charge >= 0.3 is 0 Å². The molecule has 6 heteroatoms. The highest BCUT2D eigenvalue weighted by Gasteiger charge is 2.25. The van der Waals surface area contributed by atoms with Gasteiger partial charge in [0.2, 0.25) is 5.95 Å². The molecule has 1 atom stereocenters. The van der Waals surface area contributed by atoms with E-state index in [0.717, 1.165) is 11.3 Å². The van der Waals surface area contributed by atoms with Crippen LogP contribution in [0.5, 0.6) is 0 Å². The number of nitrogens with zero attached hydrogens (tertiary/aromatic N) is 4. The summed E-state index contributed by atoms with van der Waals surface area (Å²) in [5.41, 5.74) is 5.66. The van der Waals surface area contributed by atoms with Gasteiger partial charge in [-0.2, -0.15) is 4.68 Å². The molecule has 1 aliphatic rings. The second-order valence-electron chi connectivity index (χ2n) is 5.96. The molecule has 0 amide bonds. The van der Waals surface area contributed by atoms with Crippen LogP contribution in [0.25, 0.3) is 5.70 Å². The Morgan fingerprint density at radius 2 is 1.88 bits per heavy atom. The summed E-state index contributed by atoms with van der Waals surface area (Å²) in [5.74, 6) is 0.632. The minimum absolute atomic E-state index is 0.0532. The average molecular weight is 338 g/mol. The normalized spacial score (nSPS) is 16.3. The van der Waals surface area contributed by atoms with Crippen molar-refractivity contribution in [3.8, 4) is 0 Å². The molecule has 1 N–H and O–H groups in total. The monoisotopic (exact) mass is 337 g/mol. The predicted molar refractivity (Wildman–Crippen MR) is 94.9 cm³/mol. The SMILES string of the molecule is Cc1ccc([C@H]2C=C(c3ccc(Cl)cc3)Nc3nnnn32)c(C)c1. The van der Waals surface area contributed by atoms with Gasteiger partial charge in [-0.3, -0.25) is 0 Å². The summed E-state index contributed by atoms with van der Waals surface area (Å²) < 4.78 is 1.80. The van der Waals surface area contributed by atoms with Crippen LogP contribution in [-0.4, -0.2) is 20.2 Å². The highest BCUT2D eigenvalue weighted by molar-refractivity contribution is 6.30. The van der Waals surface area contributed by atoms with E-state index in [2.05, 4.69) is 59.0 Å². The Morgan fingerprint density at radius 1 is 1.08 bits per heavy atom. The number of benzene rings is 2. The predicted octanol–water partition coefficient (Wildman–Crippen LogP) is 4.00. The lowest BCUT2D eigenvalue weighted by Crippen LogP contribution is -2.21. The smallest absolute Gasteiger partial charge is 0.248 e. The lowest BCUT2D eigenvalue weighted by atomic mass is 9.96. The van der Waals surface area contributed by atoms with E-state index in [1.165, 1.54) is 16.7 Å². The van der Waals surface area contributed by atoms with E-state index in [1.807, 2.05) is 24.3 Å². The molecule has 0 fully saturated rings. The first-order valence-corrected chi connectivity index (χ1v) is 8.09. The number of allylic oxidation sites excluding steroid dienone is 1. The van der Waals surface area contributed by atoms with Crippen molar-refractivity contribution in [2.75, 3.05) is 5.32 Å². The van der Waals surface area contributed by atoms with E-state index in [0.29, 0.717) is 11.0 Å². The van der Waals surface area contributed by atoms with Crippen LogP contribution < -0.4 is 5.32 Å². The second-order valence-corrected chi connectivity index (χ2v) is 6.40. The van der Waals surface area contributed by atoms with Gasteiger partial charge in [0.25, 0.3) is 0 Å². The first kappa shape index (κ1) is 14.9. The van der Waals surface area contributed by atoms with Crippen LogP contribution in [0, 0.1) is 13.8 Å². The van der Waals surface area contributed by atoms with Crippen LogP contribution in [0.2, 0.25) is 5.02 Å². The lowest BCUT2D eigenvalue weighted by Gasteiger charge is -2.24. The Balaban J connectivity index is 1.83. The van der Waals surface area contributed by atoms with Crippen molar-refractivity contribution in [1.29, 1.82) is 0 Å². The first-order valence-electron chi connectivity index (χ1n) is 7.71. The summed E-state index contributed by atoms with van der Waals surface area (Å²) in [6, 6.07) is 14.1. The number of fused-ring (bicyclic) bond motifs is 1. The van der Waals surface area contributed by atoms with Crippen molar-refractivity contribution in [3.05, 3.63) is 75.8 Å². The van der Waals surface area contributed by atoms with Gasteiger partial charge in [0.05, 0.1) is 0 Å². The van der Waals surface area contributed by atoms with Gasteiger partial charge in [-0.1, -0.05) is 52.6 Å². The van der Waals surface area contributed by atoms with E-state index in [4.69, 9.17) is 11.6 Å². The van der Waals surface area contributed by atoms with Gasteiger partial charge < -0.3 is 5.32 Å². The molecule has 0 unspecified atom stereocenters. The van der Waals surface area contributed by atoms with Crippen molar-refractivity contribution >= 4 is 23.2 Å². The number of aromatic nitrogens is 4. The van der Waals surface area contributed by atoms with Crippen LogP contribution in [0.1, 0.15) is 28.3 Å². The van der Waals surface area contributed by atoms with Crippen LogP contribution >= 0.6 is 11.6 Å². The molecule has 0 saturated carbocycles. The summed E-state index contributed by atoms with van der Waals surface area (Å²) in [7, 11) is 0. The molecule has 1 aliphatic heterocycles. The van der Waals surface area contributed by atoms with Gasteiger partial charge in [0, 0.05) is 10.7 Å². The fraction of sp³-hybridized carbons (Fsp3) is 0.167. The maximum atomic E-state index is 6.00. The van der Waals surface area contributed by atoms with Gasteiger partial charge in [-0.15, -0.1) is 0 Å². The molecule has 24 heavy (non-hydrogen) atoms. The molecule has 5 nitrogen and oxygen atoms in total. The molecule has 3 aromatic rings. The van der Waals surface area contributed by atoms with E-state index in [-0.39, 0.29) is 6.04 Å². The van der Waals surface area contributed by atoms with Crippen LogP contribution in [0.15, 0.2) is 48.5 Å². The van der Waals surface area contributed by atoms with Gasteiger partial charge in [0.1, 0.15) is 6.04 Å². The number of hydrogen-bond donors (Lipinski definition) is 1.